The number of hydrogen-bond donors (Lipinski definition) is 1. The number of hydrogen-bond acceptors (Lipinski definition) is 4. The fourth-order valence-corrected chi connectivity index (χ4v) is 4.98. The van der Waals surface area contributed by atoms with E-state index in [2.05, 4.69) is 22.2 Å². The maximum absolute atomic E-state index is 13.0. The number of nitrogens with zero attached hydrogens (tertiary/aromatic N) is 2. The largest absolute Gasteiger partial charge is 0.440 e. The first-order chi connectivity index (χ1) is 12.7. The van der Waals surface area contributed by atoms with Crippen LogP contribution in [0.3, 0.4) is 0 Å². The Bertz CT molecular complexity index is 812. The van der Waals surface area contributed by atoms with Crippen LogP contribution in [0, 0.1) is 0 Å². The first-order valence-corrected chi connectivity index (χ1v) is 10.1. The predicted octanol–water partition coefficient (Wildman–Crippen LogP) is 3.84. The maximum Gasteiger partial charge on any atom is 0.253 e. The Morgan fingerprint density at radius 3 is 2.58 bits per heavy atom. The topological polar surface area (TPSA) is 58.4 Å². The van der Waals surface area contributed by atoms with Crippen molar-refractivity contribution in [2.75, 3.05) is 7.05 Å². The summed E-state index contributed by atoms with van der Waals surface area (Å²) in [5.41, 5.74) is 2.11. The van der Waals surface area contributed by atoms with Gasteiger partial charge in [-0.05, 0) is 57.7 Å². The van der Waals surface area contributed by atoms with Gasteiger partial charge in [0, 0.05) is 24.0 Å². The fraction of sp³-hybridized carbons (Fsp3) is 0.619. The van der Waals surface area contributed by atoms with Gasteiger partial charge in [0.15, 0.2) is 11.5 Å². The Balaban J connectivity index is 1.36. The van der Waals surface area contributed by atoms with E-state index in [9.17, 15) is 4.79 Å². The molecule has 1 aromatic carbocycles. The average molecular weight is 353 g/mol. The van der Waals surface area contributed by atoms with E-state index in [0.29, 0.717) is 23.6 Å². The second kappa shape index (κ2) is 6.38. The molecule has 2 aromatic rings. The van der Waals surface area contributed by atoms with Crippen molar-refractivity contribution in [3.63, 3.8) is 0 Å². The molecule has 1 aromatic heterocycles. The lowest BCUT2D eigenvalue weighted by molar-refractivity contribution is 0.0463. The van der Waals surface area contributed by atoms with E-state index in [0.717, 1.165) is 42.7 Å². The number of carbonyl (C=O) groups excluding carboxylic acids is 1. The Kier molecular flexibility index (Phi) is 4.00. The summed E-state index contributed by atoms with van der Waals surface area (Å²) >= 11 is 0. The number of nitrogens with one attached hydrogen (secondary N) is 1. The highest BCUT2D eigenvalue weighted by Crippen LogP contribution is 2.37. The summed E-state index contributed by atoms with van der Waals surface area (Å²) < 4.78 is 5.93. The van der Waals surface area contributed by atoms with Crippen molar-refractivity contribution in [3.05, 3.63) is 29.7 Å². The predicted molar refractivity (Wildman–Crippen MR) is 100 cm³/mol. The molecule has 5 nitrogen and oxygen atoms in total. The van der Waals surface area contributed by atoms with Crippen molar-refractivity contribution < 1.29 is 9.21 Å². The lowest BCUT2D eigenvalue weighted by Gasteiger charge is -2.47. The fourth-order valence-electron chi connectivity index (χ4n) is 4.98. The minimum absolute atomic E-state index is 0.00307. The van der Waals surface area contributed by atoms with E-state index < -0.39 is 0 Å². The minimum Gasteiger partial charge on any atom is -0.440 e. The Labute approximate surface area is 154 Å². The van der Waals surface area contributed by atoms with Crippen LogP contribution in [0.15, 0.2) is 22.6 Å². The van der Waals surface area contributed by atoms with Gasteiger partial charge in [-0.3, -0.25) is 4.79 Å². The van der Waals surface area contributed by atoms with Gasteiger partial charge in [0.1, 0.15) is 5.52 Å². The monoisotopic (exact) mass is 353 g/mol. The number of fused-ring (bicyclic) bond motifs is 3. The van der Waals surface area contributed by atoms with E-state index in [1.807, 2.05) is 18.2 Å². The van der Waals surface area contributed by atoms with Crippen LogP contribution < -0.4 is 5.32 Å². The summed E-state index contributed by atoms with van der Waals surface area (Å²) in [6.45, 7) is 0. The number of aromatic nitrogens is 1. The van der Waals surface area contributed by atoms with Crippen molar-refractivity contribution in [3.8, 4) is 0 Å². The summed E-state index contributed by atoms with van der Waals surface area (Å²) in [4.78, 5) is 20.2. The summed E-state index contributed by atoms with van der Waals surface area (Å²) in [6.07, 6.45) is 9.48. The molecule has 138 valence electrons. The molecular formula is C21H27N3O2. The molecule has 2 bridgehead atoms. The smallest absolute Gasteiger partial charge is 0.253 e. The van der Waals surface area contributed by atoms with E-state index in [4.69, 9.17) is 4.42 Å². The third kappa shape index (κ3) is 2.73. The molecule has 5 heteroatoms. The molecule has 1 aliphatic carbocycles. The second-order valence-corrected chi connectivity index (χ2v) is 8.38. The third-order valence-electron chi connectivity index (χ3n) is 6.81. The molecule has 3 fully saturated rings. The molecule has 1 saturated carbocycles. The minimum atomic E-state index is -0.00307. The normalized spacial score (nSPS) is 29.5. The SMILES string of the molecule is CN1C2CCCC1CC(NC(=O)c1cccc3oc(C4CCC4)nc13)C2. The van der Waals surface area contributed by atoms with Gasteiger partial charge in [-0.15, -0.1) is 0 Å². The third-order valence-corrected chi connectivity index (χ3v) is 6.81. The Morgan fingerprint density at radius 2 is 1.88 bits per heavy atom. The quantitative estimate of drug-likeness (QED) is 0.911. The molecule has 1 N–H and O–H groups in total. The Hall–Kier alpha value is -1.88. The van der Waals surface area contributed by atoms with Gasteiger partial charge in [-0.2, -0.15) is 0 Å². The molecule has 3 aliphatic rings. The molecule has 2 atom stereocenters. The van der Waals surface area contributed by atoms with Crippen molar-refractivity contribution in [2.45, 2.75) is 75.4 Å². The van der Waals surface area contributed by atoms with Crippen molar-refractivity contribution in [1.82, 2.24) is 15.2 Å². The first kappa shape index (κ1) is 16.3. The number of para-hydroxylation sites is 1. The molecule has 0 spiro atoms. The number of rotatable bonds is 3. The zero-order chi connectivity index (χ0) is 17.7. The molecule has 0 radical (unpaired) electrons. The number of carbonyl (C=O) groups is 1. The number of piperidine rings is 2. The zero-order valence-electron chi connectivity index (χ0n) is 15.4. The van der Waals surface area contributed by atoms with Gasteiger partial charge >= 0.3 is 0 Å². The summed E-state index contributed by atoms with van der Waals surface area (Å²) in [5.74, 6) is 1.24. The van der Waals surface area contributed by atoms with Crippen molar-refractivity contribution in [1.29, 1.82) is 0 Å². The van der Waals surface area contributed by atoms with Gasteiger partial charge in [-0.1, -0.05) is 18.9 Å². The van der Waals surface area contributed by atoms with Gasteiger partial charge < -0.3 is 14.6 Å². The van der Waals surface area contributed by atoms with Crippen LogP contribution in [0.5, 0.6) is 0 Å². The lowest BCUT2D eigenvalue weighted by Crippen LogP contribution is -2.55. The Morgan fingerprint density at radius 1 is 1.15 bits per heavy atom. The standard InChI is InChI=1S/C21H27N3O2/c1-24-15-7-3-8-16(24)12-14(11-15)22-20(25)17-9-4-10-18-19(17)23-21(26-18)13-5-2-6-13/h4,9-10,13-16H,2-3,5-8,11-12H2,1H3,(H,22,25). The van der Waals surface area contributed by atoms with Gasteiger partial charge in [-0.25, -0.2) is 4.98 Å². The lowest BCUT2D eigenvalue weighted by atomic mass is 9.82. The average Bonchev–Trinajstić information content (AvgIpc) is 2.97. The van der Waals surface area contributed by atoms with Crippen LogP contribution in [0.4, 0.5) is 0 Å². The summed E-state index contributed by atoms with van der Waals surface area (Å²) in [6, 6.07) is 7.18. The van der Waals surface area contributed by atoms with Crippen LogP contribution in [0.2, 0.25) is 0 Å². The summed E-state index contributed by atoms with van der Waals surface area (Å²) in [5, 5.41) is 3.30. The number of benzene rings is 1. The number of oxazole rings is 1. The molecule has 1 amide bonds. The van der Waals surface area contributed by atoms with Crippen LogP contribution in [0.25, 0.3) is 11.1 Å². The van der Waals surface area contributed by atoms with E-state index in [1.54, 1.807) is 0 Å². The van der Waals surface area contributed by atoms with Crippen molar-refractivity contribution in [2.24, 2.45) is 0 Å². The van der Waals surface area contributed by atoms with E-state index in [1.165, 1.54) is 25.7 Å². The molecule has 2 unspecified atom stereocenters. The summed E-state index contributed by atoms with van der Waals surface area (Å²) in [7, 11) is 2.24. The molecule has 26 heavy (non-hydrogen) atoms. The molecule has 2 aliphatic heterocycles. The maximum atomic E-state index is 13.0. The molecular weight excluding hydrogens is 326 g/mol. The highest BCUT2D eigenvalue weighted by molar-refractivity contribution is 6.04. The number of amides is 1. The molecule has 5 rings (SSSR count). The molecule has 3 heterocycles. The van der Waals surface area contributed by atoms with Gasteiger partial charge in [0.05, 0.1) is 5.56 Å². The first-order valence-electron chi connectivity index (χ1n) is 10.1. The van der Waals surface area contributed by atoms with Crippen LogP contribution >= 0.6 is 0 Å². The van der Waals surface area contributed by atoms with Crippen LogP contribution in [0.1, 0.15) is 73.5 Å². The molecule has 2 saturated heterocycles. The van der Waals surface area contributed by atoms with Gasteiger partial charge in [0.2, 0.25) is 0 Å². The van der Waals surface area contributed by atoms with E-state index in [-0.39, 0.29) is 11.9 Å². The van der Waals surface area contributed by atoms with Crippen molar-refractivity contribution >= 4 is 17.0 Å². The van der Waals surface area contributed by atoms with Crippen LogP contribution in [-0.2, 0) is 0 Å². The highest BCUT2D eigenvalue weighted by Gasteiger charge is 2.36. The zero-order valence-corrected chi connectivity index (χ0v) is 15.4. The van der Waals surface area contributed by atoms with Crippen LogP contribution in [-0.4, -0.2) is 41.0 Å². The second-order valence-electron chi connectivity index (χ2n) is 8.38. The highest BCUT2D eigenvalue weighted by atomic mass is 16.3. The van der Waals surface area contributed by atoms with Gasteiger partial charge in [0.25, 0.3) is 5.91 Å². The van der Waals surface area contributed by atoms with E-state index >= 15 is 0 Å².